The van der Waals surface area contributed by atoms with Gasteiger partial charge in [-0.25, -0.2) is 0 Å². The van der Waals surface area contributed by atoms with Crippen LogP contribution in [0.3, 0.4) is 0 Å². The Hall–Kier alpha value is -12.6. The third-order valence-corrected chi connectivity index (χ3v) is 24.3. The van der Waals surface area contributed by atoms with Gasteiger partial charge in [0.1, 0.15) is 0 Å². The Morgan fingerprint density at radius 3 is 0.750 bits per heavy atom. The average Bonchev–Trinajstić information content (AvgIpc) is 1.61. The molecule has 2 aliphatic heterocycles. The van der Waals surface area contributed by atoms with E-state index in [0.29, 0.717) is 0 Å². The van der Waals surface area contributed by atoms with E-state index in [1.165, 1.54) is 58.3 Å². The largest absolute Gasteiger partial charge is 0.310 e. The van der Waals surface area contributed by atoms with Gasteiger partial charge in [0.2, 0.25) is 0 Å². The fraction of sp³-hybridized carbons (Fsp3) is 0.262. The summed E-state index contributed by atoms with van der Waals surface area (Å²) in [6.45, 7) is 38.3. The van der Waals surface area contributed by atoms with E-state index in [-0.39, 0.29) is 94.8 Å². The molecule has 3 aromatic heterocycles. The van der Waals surface area contributed by atoms with Crippen molar-refractivity contribution in [3.8, 4) is 61.6 Å². The van der Waals surface area contributed by atoms with Gasteiger partial charge in [0.25, 0.3) is 6.71 Å². The maximum atomic E-state index is 12.1. The van der Waals surface area contributed by atoms with Crippen LogP contribution in [0.5, 0.6) is 0 Å². The lowest BCUT2D eigenvalue weighted by molar-refractivity contribution is 0.570. The molecule has 20 rings (SSSR count). The first kappa shape index (κ1) is 48.5. The van der Waals surface area contributed by atoms with E-state index in [1.807, 2.05) is 0 Å². The number of hydrogen-bond acceptors (Lipinski definition) is 2. The van der Waals surface area contributed by atoms with Gasteiger partial charge in [0.15, 0.2) is 0 Å². The van der Waals surface area contributed by atoms with Gasteiger partial charge >= 0.3 is 0 Å². The molecular formula is C122H122BN5. The number of fused-ring (bicyclic) bond motifs is 13. The molecule has 0 aliphatic carbocycles. The summed E-state index contributed by atoms with van der Waals surface area (Å²) in [5.41, 5.74) is -24.7. The zero-order valence-electron chi connectivity index (χ0n) is 118. The second-order valence-electron chi connectivity index (χ2n) is 41.8. The Morgan fingerprint density at radius 1 is 0.234 bits per heavy atom. The van der Waals surface area contributed by atoms with Crippen LogP contribution in [0.4, 0.5) is 34.1 Å². The third-order valence-electron chi connectivity index (χ3n) is 24.3. The van der Waals surface area contributed by atoms with E-state index in [9.17, 15) is 57.6 Å². The fourth-order valence-corrected chi connectivity index (χ4v) is 18.0. The quantitative estimate of drug-likeness (QED) is 0.134. The van der Waals surface area contributed by atoms with Gasteiger partial charge < -0.3 is 23.5 Å². The summed E-state index contributed by atoms with van der Waals surface area (Å²) < 4.78 is 441. The Kier molecular flexibility index (Phi) is 11.2. The number of anilines is 6. The first-order chi connectivity index (χ1) is 78.1. The van der Waals surface area contributed by atoms with Gasteiger partial charge in [-0.05, 0) is 223 Å². The van der Waals surface area contributed by atoms with E-state index in [4.69, 9.17) is 0 Å². The Labute approximate surface area is 818 Å². The number of para-hydroxylation sites is 6. The highest BCUT2D eigenvalue weighted by molar-refractivity contribution is 7.00. The molecule has 15 aromatic carbocycles. The van der Waals surface area contributed by atoms with Gasteiger partial charge in [-0.15, -0.1) is 0 Å². The van der Waals surface area contributed by atoms with Crippen LogP contribution < -0.4 is 26.2 Å². The second kappa shape index (κ2) is 29.5. The average molecular weight is 1710 g/mol. The van der Waals surface area contributed by atoms with Crippen LogP contribution in [0.15, 0.2) is 302 Å². The van der Waals surface area contributed by atoms with Crippen molar-refractivity contribution in [1.29, 1.82) is 0 Å². The Bertz CT molecular complexity index is 9420. The van der Waals surface area contributed by atoms with E-state index in [0.717, 1.165) is 13.7 Å². The topological polar surface area (TPSA) is 21.3 Å². The highest BCUT2D eigenvalue weighted by Gasteiger charge is 2.48. The molecule has 0 atom stereocenters. The van der Waals surface area contributed by atoms with Crippen molar-refractivity contribution in [2.45, 2.75) is 209 Å². The van der Waals surface area contributed by atoms with Gasteiger partial charge in [0, 0.05) is 88.7 Å². The number of nitrogens with zero attached hydrogens (tertiary/aromatic N) is 5. The zero-order chi connectivity index (χ0) is 126. The number of rotatable bonds is 9. The molecule has 5 heterocycles. The van der Waals surface area contributed by atoms with Crippen LogP contribution in [0, 0.1) is 0 Å². The summed E-state index contributed by atoms with van der Waals surface area (Å²) in [5, 5.41) is -2.99. The number of benzene rings is 15. The molecule has 638 valence electrons. The van der Waals surface area contributed by atoms with E-state index in [2.05, 4.69) is 0 Å². The zero-order valence-corrected chi connectivity index (χ0v) is 76.4. The minimum Gasteiger partial charge on any atom is -0.310 e. The molecule has 18 aromatic rings. The molecule has 0 saturated heterocycles. The van der Waals surface area contributed by atoms with Crippen molar-refractivity contribution in [1.82, 2.24) is 13.7 Å². The van der Waals surface area contributed by atoms with Crippen LogP contribution in [-0.2, 0) is 43.3 Å². The van der Waals surface area contributed by atoms with Crippen LogP contribution in [0.25, 0.3) is 127 Å². The van der Waals surface area contributed by atoms with Crippen molar-refractivity contribution >= 4 is 123 Å². The van der Waals surface area contributed by atoms with Gasteiger partial charge in [-0.2, -0.15) is 0 Å². The number of hydrogen-bond donors (Lipinski definition) is 0. The monoisotopic (exact) mass is 1710 g/mol. The predicted octanol–water partition coefficient (Wildman–Crippen LogP) is 32.1. The SMILES string of the molecule is [2H]c1c([2H])c(C(C)(C)C)c(-c2c([2H])c(C(C)(C)C)c([2H])c(-c3c([2H])c([2H])c(C(C)(C)C)c([2H])c3[2H])c2N2c3cc(-n4c5c([2H])c([2H])c([2H])c([2H])c5c5c([2H])c([2H])c([2H])c([2H])c54)ccc3B3c4ccc(-n5c6c([2H])c([2H])c([2H])c([2H])c6c6c([2H])c([2H])c([2H])c([2H])c65)cc4N(c4c(-c5c([2H])c([2H])c(C(C)(C)C)c([2H])c5[2H])c([2H])c(C(C)(C)C)c([2H])c4-c4c(C(C)(C)C)c([2H])c([2H])c([2H])c4C(C)(C)C)c4cc(-n5c6c([2H])c([2H])c([2H])c([2H])c6c6c([2H])c([2H])c([2H])c([2H])c65)cc2c43)c(C(C)(C)C)c1[2H]. The molecule has 5 nitrogen and oxygen atoms in total. The fourth-order valence-electron chi connectivity index (χ4n) is 18.0. The lowest BCUT2D eigenvalue weighted by atomic mass is 9.33. The van der Waals surface area contributed by atoms with Gasteiger partial charge in [0.05, 0.1) is 108 Å². The van der Waals surface area contributed by atoms with Crippen LogP contribution in [0.1, 0.15) is 268 Å². The molecule has 0 spiro atoms. The maximum absolute atomic E-state index is 12.1. The highest BCUT2D eigenvalue weighted by Crippen LogP contribution is 2.59. The molecule has 0 radical (unpaired) electrons. The molecule has 0 amide bonds. The van der Waals surface area contributed by atoms with Gasteiger partial charge in [-0.1, -0.05) is 372 Å². The van der Waals surface area contributed by atoms with Crippen LogP contribution in [-0.4, -0.2) is 20.4 Å². The summed E-state index contributed by atoms with van der Waals surface area (Å²) in [7, 11) is 0. The highest BCUT2D eigenvalue weighted by atomic mass is 15.2. The van der Waals surface area contributed by atoms with Crippen molar-refractivity contribution < 1.29 is 57.6 Å². The smallest absolute Gasteiger partial charge is 0.252 e. The predicted molar refractivity (Wildman–Crippen MR) is 555 cm³/mol. The van der Waals surface area contributed by atoms with Gasteiger partial charge in [-0.3, -0.25) is 0 Å². The van der Waals surface area contributed by atoms with Crippen LogP contribution in [0.2, 0.25) is 0 Å². The molecule has 128 heavy (non-hydrogen) atoms. The summed E-state index contributed by atoms with van der Waals surface area (Å²) in [6, 6.07) is -22.5. The maximum Gasteiger partial charge on any atom is 0.252 e. The van der Waals surface area contributed by atoms with Crippen molar-refractivity contribution in [3.63, 3.8) is 0 Å². The normalized spacial score (nSPS) is 18.2. The molecular weight excluding hydrogens is 1550 g/mol. The molecule has 2 aliphatic rings. The van der Waals surface area contributed by atoms with Crippen molar-refractivity contribution in [2.24, 2.45) is 0 Å². The third kappa shape index (κ3) is 13.7. The molecule has 0 unspecified atom stereocenters. The molecule has 0 N–H and O–H groups in total. The Morgan fingerprint density at radius 2 is 0.484 bits per heavy atom. The summed E-state index contributed by atoms with van der Waals surface area (Å²) >= 11 is 0. The first-order valence-corrected chi connectivity index (χ1v) is 43.1. The standard InChI is InChI=1S/C122H122BN5/c1-115(2,3)77-59-55-75(56-60-77)90-67-79(117(7,8)9)69-92(110-94(119(13,14)15)45-37-46-95(110)120(16,17)18)113(90)127-106-71-81(124-100-49-31-25-39-84(100)85-40-26-32-50-101(85)124)63-65-98(106)123-99-66-64-82(125-102-51-33-27-41-86(102)87-42-28-34-52-103(87)125)72-107(99)128(109-74-83(73-108(127)112(109)123)126-104-53-35-29-43-88(104)89-44-30-36-54-105(89)126)114-91(76-57-61-78(62-58-76)116(4,5)6)68-80(118(10,11)12)70-93(114)111-96(121(19,20)21)47-38-48-97(111)122(22,23)24/h25-74H,1-24H3/i25D,26D,27D,28D,29D,30D,31D,32D,33D,34D,35D,36D,37D,38D,39D,40D,41D,42D,43D,44D,45D,46D,47D,48D,49D,50D,51D,52D,53D,54D,55D,56D,57D,58D,59D,60D,61D,62D,67D,68D,69D,70D. The molecule has 0 bridgehead atoms. The lowest BCUT2D eigenvalue weighted by Gasteiger charge is -2.47. The minimum absolute atomic E-state index is 0.0911. The van der Waals surface area contributed by atoms with Crippen LogP contribution >= 0.6 is 0 Å². The molecule has 6 heteroatoms. The summed E-state index contributed by atoms with van der Waals surface area (Å²) in [5.74, 6) is 0. The first-order valence-electron chi connectivity index (χ1n) is 64.1. The van der Waals surface area contributed by atoms with E-state index in [1.54, 1.807) is 166 Å². The summed E-state index contributed by atoms with van der Waals surface area (Å²) in [4.78, 5) is 2.79. The number of aromatic nitrogens is 3. The lowest BCUT2D eigenvalue weighted by Crippen LogP contribution is -2.61. The second-order valence-corrected chi connectivity index (χ2v) is 41.8. The van der Waals surface area contributed by atoms with Crippen molar-refractivity contribution in [3.05, 3.63) is 347 Å². The minimum atomic E-state index is -1.83. The molecule has 0 fully saturated rings. The Balaban J connectivity index is 1.22. The van der Waals surface area contributed by atoms with E-state index < -0.39 is 431 Å². The van der Waals surface area contributed by atoms with E-state index >= 15 is 0 Å². The van der Waals surface area contributed by atoms with Crippen molar-refractivity contribution in [2.75, 3.05) is 9.80 Å². The molecule has 0 saturated carbocycles. The summed E-state index contributed by atoms with van der Waals surface area (Å²) in [6.07, 6.45) is 0.